The fourth-order valence-electron chi connectivity index (χ4n) is 5.33. The minimum Gasteiger partial charge on any atom is -0.445 e. The molecule has 2 aliphatic heterocycles. The molecule has 0 saturated heterocycles. The summed E-state index contributed by atoms with van der Waals surface area (Å²) in [6, 6.07) is 16.6. The second-order valence-electron chi connectivity index (χ2n) is 8.41. The van der Waals surface area contributed by atoms with Gasteiger partial charge < -0.3 is 14.5 Å². The molecule has 2 atom stereocenters. The van der Waals surface area contributed by atoms with Crippen molar-refractivity contribution >= 4 is 11.8 Å². The Hall–Kier alpha value is -2.49. The number of hydrogen-bond acceptors (Lipinski definition) is 3. The Morgan fingerprint density at radius 1 is 1.00 bits per heavy atom. The number of rotatable bonds is 2. The predicted octanol–water partition coefficient (Wildman–Crippen LogP) is 4.93. The van der Waals surface area contributed by atoms with E-state index >= 15 is 0 Å². The van der Waals surface area contributed by atoms with Crippen LogP contribution in [0.2, 0.25) is 0 Å². The lowest BCUT2D eigenvalue weighted by Crippen LogP contribution is -2.42. The van der Waals surface area contributed by atoms with Gasteiger partial charge in [0.2, 0.25) is 0 Å². The molecule has 28 heavy (non-hydrogen) atoms. The Bertz CT molecular complexity index is 851. The number of amides is 1. The molecule has 146 valence electrons. The Kier molecular flexibility index (Phi) is 4.71. The first-order valence-corrected chi connectivity index (χ1v) is 10.6. The molecule has 2 heterocycles. The minimum absolute atomic E-state index is 0.210. The van der Waals surface area contributed by atoms with Gasteiger partial charge >= 0.3 is 6.09 Å². The molecule has 2 aromatic rings. The molecule has 2 aromatic carbocycles. The molecule has 4 heteroatoms. The van der Waals surface area contributed by atoms with Gasteiger partial charge in [0.25, 0.3) is 0 Å². The van der Waals surface area contributed by atoms with Crippen LogP contribution in [0.1, 0.15) is 48.3 Å². The molecule has 0 N–H and O–H groups in total. The number of nitrogens with zero attached hydrogens (tertiary/aromatic N) is 2. The van der Waals surface area contributed by atoms with Crippen molar-refractivity contribution in [3.63, 3.8) is 0 Å². The summed E-state index contributed by atoms with van der Waals surface area (Å²) in [5.74, 6) is 1.48. The predicted molar refractivity (Wildman–Crippen MR) is 110 cm³/mol. The molecule has 0 bridgehead atoms. The number of carbonyl (C=O) groups excluding carboxylic acids is 1. The zero-order chi connectivity index (χ0) is 18.9. The van der Waals surface area contributed by atoms with E-state index in [0.29, 0.717) is 19.1 Å². The highest BCUT2D eigenvalue weighted by molar-refractivity contribution is 5.70. The fraction of sp³-hybridized carbons (Fsp3) is 0.458. The van der Waals surface area contributed by atoms with Gasteiger partial charge in [0, 0.05) is 25.3 Å². The van der Waals surface area contributed by atoms with Crippen molar-refractivity contribution in [1.82, 2.24) is 4.90 Å². The fourth-order valence-corrected chi connectivity index (χ4v) is 5.33. The average Bonchev–Trinajstić information content (AvgIpc) is 2.94. The van der Waals surface area contributed by atoms with Crippen LogP contribution in [-0.2, 0) is 17.9 Å². The van der Waals surface area contributed by atoms with Crippen LogP contribution in [0.3, 0.4) is 0 Å². The maximum atomic E-state index is 12.8. The van der Waals surface area contributed by atoms with Crippen LogP contribution in [0.4, 0.5) is 10.5 Å². The summed E-state index contributed by atoms with van der Waals surface area (Å²) in [6.07, 6.45) is 5.16. The monoisotopic (exact) mass is 376 g/mol. The lowest BCUT2D eigenvalue weighted by molar-refractivity contribution is 0.0953. The second-order valence-corrected chi connectivity index (χ2v) is 8.41. The van der Waals surface area contributed by atoms with Crippen LogP contribution in [0.5, 0.6) is 0 Å². The van der Waals surface area contributed by atoms with Gasteiger partial charge in [0.05, 0.1) is 6.54 Å². The largest absolute Gasteiger partial charge is 0.445 e. The van der Waals surface area contributed by atoms with Gasteiger partial charge in [-0.25, -0.2) is 4.79 Å². The lowest BCUT2D eigenvalue weighted by Gasteiger charge is -2.43. The van der Waals surface area contributed by atoms with Crippen molar-refractivity contribution in [2.24, 2.45) is 5.92 Å². The van der Waals surface area contributed by atoms with Crippen molar-refractivity contribution < 1.29 is 9.53 Å². The zero-order valence-electron chi connectivity index (χ0n) is 16.3. The van der Waals surface area contributed by atoms with Crippen LogP contribution in [0.15, 0.2) is 48.5 Å². The molecule has 0 spiro atoms. The number of benzene rings is 2. The van der Waals surface area contributed by atoms with Crippen LogP contribution >= 0.6 is 0 Å². The number of ether oxygens (including phenoxy) is 1. The molecule has 0 aromatic heterocycles. The molecule has 2 unspecified atom stereocenters. The van der Waals surface area contributed by atoms with Crippen molar-refractivity contribution in [3.8, 4) is 0 Å². The molecule has 0 radical (unpaired) electrons. The van der Waals surface area contributed by atoms with E-state index in [1.807, 2.05) is 35.2 Å². The summed E-state index contributed by atoms with van der Waals surface area (Å²) in [6.45, 7) is 3.73. The summed E-state index contributed by atoms with van der Waals surface area (Å²) in [5, 5.41) is 0. The first-order valence-electron chi connectivity index (χ1n) is 10.6. The molecule has 1 amide bonds. The molecular weight excluding hydrogens is 348 g/mol. The van der Waals surface area contributed by atoms with E-state index < -0.39 is 0 Å². The standard InChI is InChI=1S/C24H28N2O2/c27-24(28-17-18-7-2-1-3-8-18)26-14-13-25-15-19-9-4-5-11-21(19)22-12-6-10-20(16-26)23(22)25/h1-3,6-8,10,12,19,21H,4-5,9,11,13-17H2. The van der Waals surface area contributed by atoms with Gasteiger partial charge in [-0.2, -0.15) is 0 Å². The van der Waals surface area contributed by atoms with Crippen LogP contribution in [-0.4, -0.2) is 30.6 Å². The summed E-state index contributed by atoms with van der Waals surface area (Å²) in [7, 11) is 0. The maximum Gasteiger partial charge on any atom is 0.410 e. The van der Waals surface area contributed by atoms with E-state index in [1.54, 1.807) is 0 Å². The Morgan fingerprint density at radius 3 is 2.75 bits per heavy atom. The van der Waals surface area contributed by atoms with E-state index in [0.717, 1.165) is 31.1 Å². The van der Waals surface area contributed by atoms with Gasteiger partial charge in [-0.15, -0.1) is 0 Å². The van der Waals surface area contributed by atoms with Gasteiger partial charge in [-0.1, -0.05) is 61.4 Å². The van der Waals surface area contributed by atoms with Crippen molar-refractivity contribution in [1.29, 1.82) is 0 Å². The van der Waals surface area contributed by atoms with Gasteiger partial charge in [-0.3, -0.25) is 0 Å². The number of para-hydroxylation sites is 1. The molecule has 1 aliphatic carbocycles. The smallest absolute Gasteiger partial charge is 0.410 e. The highest BCUT2D eigenvalue weighted by Gasteiger charge is 2.37. The quantitative estimate of drug-likeness (QED) is 0.745. The second kappa shape index (κ2) is 7.50. The Labute approximate surface area is 167 Å². The summed E-state index contributed by atoms with van der Waals surface area (Å²) >= 11 is 0. The van der Waals surface area contributed by atoms with Crippen molar-refractivity contribution in [3.05, 3.63) is 65.2 Å². The maximum absolute atomic E-state index is 12.8. The third-order valence-electron chi connectivity index (χ3n) is 6.69. The topological polar surface area (TPSA) is 32.8 Å². The van der Waals surface area contributed by atoms with Crippen molar-refractivity contribution in [2.45, 2.75) is 44.8 Å². The first kappa shape index (κ1) is 17.6. The molecule has 1 saturated carbocycles. The van der Waals surface area contributed by atoms with Crippen LogP contribution in [0.25, 0.3) is 0 Å². The molecule has 4 nitrogen and oxygen atoms in total. The molecule has 3 aliphatic rings. The third kappa shape index (κ3) is 3.25. The van der Waals surface area contributed by atoms with Crippen molar-refractivity contribution in [2.75, 3.05) is 24.5 Å². The Balaban J connectivity index is 1.35. The lowest BCUT2D eigenvalue weighted by atomic mass is 9.72. The minimum atomic E-state index is -0.210. The number of anilines is 1. The van der Waals surface area contributed by atoms with E-state index in [1.165, 1.54) is 42.5 Å². The van der Waals surface area contributed by atoms with Gasteiger partial charge in [-0.05, 0) is 41.4 Å². The molecule has 1 fully saturated rings. The molecular formula is C24H28N2O2. The normalized spacial score (nSPS) is 23.4. The summed E-state index contributed by atoms with van der Waals surface area (Å²) in [4.78, 5) is 17.2. The zero-order valence-corrected chi connectivity index (χ0v) is 16.3. The summed E-state index contributed by atoms with van der Waals surface area (Å²) in [5.41, 5.74) is 5.23. The van der Waals surface area contributed by atoms with Crippen LogP contribution < -0.4 is 4.90 Å². The van der Waals surface area contributed by atoms with E-state index in [9.17, 15) is 4.79 Å². The summed E-state index contributed by atoms with van der Waals surface area (Å²) < 4.78 is 5.62. The number of hydrogen-bond donors (Lipinski definition) is 0. The molecule has 5 rings (SSSR count). The average molecular weight is 377 g/mol. The highest BCUT2D eigenvalue weighted by Crippen LogP contribution is 2.47. The van der Waals surface area contributed by atoms with E-state index in [-0.39, 0.29) is 6.09 Å². The highest BCUT2D eigenvalue weighted by atomic mass is 16.6. The first-order chi connectivity index (χ1) is 13.8. The van der Waals surface area contributed by atoms with Crippen LogP contribution in [0, 0.1) is 5.92 Å². The van der Waals surface area contributed by atoms with Gasteiger partial charge in [0.1, 0.15) is 6.61 Å². The van der Waals surface area contributed by atoms with Gasteiger partial charge in [0.15, 0.2) is 0 Å². The third-order valence-corrected chi connectivity index (χ3v) is 6.69. The number of carbonyl (C=O) groups is 1. The Morgan fingerprint density at radius 2 is 1.86 bits per heavy atom. The number of fused-ring (bicyclic) bond motifs is 2. The van der Waals surface area contributed by atoms with E-state index in [2.05, 4.69) is 23.1 Å². The van der Waals surface area contributed by atoms with E-state index in [4.69, 9.17) is 4.74 Å². The SMILES string of the molecule is O=C(OCc1ccccc1)N1CCN2CC3CCCCC3c3cccc(c32)C1.